The number of aromatic amines is 1. The predicted octanol–water partition coefficient (Wildman–Crippen LogP) is 1.80. The van der Waals surface area contributed by atoms with Gasteiger partial charge in [0, 0.05) is 11.6 Å². The maximum atomic E-state index is 12.3. The molecule has 0 saturated heterocycles. The van der Waals surface area contributed by atoms with Crippen molar-refractivity contribution < 1.29 is 12.9 Å². The topological polar surface area (TPSA) is 140 Å². The Morgan fingerprint density at radius 3 is 2.58 bits per heavy atom. The van der Waals surface area contributed by atoms with E-state index >= 15 is 0 Å². The van der Waals surface area contributed by atoms with Gasteiger partial charge in [-0.3, -0.25) is 14.2 Å². The van der Waals surface area contributed by atoms with Gasteiger partial charge < -0.3 is 9.51 Å². The smallest absolute Gasteiger partial charge is 0.316 e. The molecule has 31 heavy (non-hydrogen) atoms. The van der Waals surface area contributed by atoms with Crippen molar-refractivity contribution in [3.8, 4) is 11.4 Å². The Bertz CT molecular complexity index is 1470. The third-order valence-corrected chi connectivity index (χ3v) is 6.04. The van der Waals surface area contributed by atoms with Crippen LogP contribution in [-0.4, -0.2) is 28.1 Å². The van der Waals surface area contributed by atoms with Gasteiger partial charge in [0.15, 0.2) is 0 Å². The van der Waals surface area contributed by atoms with Crippen molar-refractivity contribution in [3.63, 3.8) is 0 Å². The van der Waals surface area contributed by atoms with E-state index in [1.165, 1.54) is 16.7 Å². The number of benzene rings is 2. The minimum absolute atomic E-state index is 0.0789. The maximum absolute atomic E-state index is 12.3. The molecule has 2 aromatic heterocycles. The predicted molar refractivity (Wildman–Crippen MR) is 113 cm³/mol. The van der Waals surface area contributed by atoms with Gasteiger partial charge in [0.1, 0.15) is 0 Å². The first kappa shape index (κ1) is 20.7. The first-order valence-electron chi connectivity index (χ1n) is 9.42. The number of rotatable bonds is 6. The molecule has 160 valence electrons. The summed E-state index contributed by atoms with van der Waals surface area (Å²) in [6.07, 6.45) is 0. The number of fused-ring (bicyclic) bond motifs is 1. The Balaban J connectivity index is 1.61. The second kappa shape index (κ2) is 7.93. The Morgan fingerprint density at radius 1 is 1.13 bits per heavy atom. The SMILES string of the molecule is CC(C)n1c(=O)c(=O)[nH]c2cc(-c3noc(CNS(=O)(=O)c4ccccc4)n3)ccc21. The number of H-pyrrole nitrogens is 1. The van der Waals surface area contributed by atoms with E-state index in [1.54, 1.807) is 36.4 Å². The average Bonchev–Trinajstić information content (AvgIpc) is 3.22. The van der Waals surface area contributed by atoms with Crippen LogP contribution in [0.2, 0.25) is 0 Å². The van der Waals surface area contributed by atoms with Crippen molar-refractivity contribution in [2.45, 2.75) is 31.3 Å². The summed E-state index contributed by atoms with van der Waals surface area (Å²) in [7, 11) is -3.71. The summed E-state index contributed by atoms with van der Waals surface area (Å²) < 4.78 is 33.6. The molecule has 0 aliphatic carbocycles. The van der Waals surface area contributed by atoms with Crippen molar-refractivity contribution >= 4 is 21.1 Å². The zero-order valence-electron chi connectivity index (χ0n) is 16.7. The molecule has 0 fully saturated rings. The third kappa shape index (κ3) is 4.05. The van der Waals surface area contributed by atoms with Crippen LogP contribution < -0.4 is 15.8 Å². The van der Waals surface area contributed by atoms with Crippen LogP contribution in [0.15, 0.2) is 67.5 Å². The molecule has 0 atom stereocenters. The largest absolute Gasteiger partial charge is 0.338 e. The molecule has 4 rings (SSSR count). The van der Waals surface area contributed by atoms with Crippen molar-refractivity contribution in [1.82, 2.24) is 24.4 Å². The highest BCUT2D eigenvalue weighted by Crippen LogP contribution is 2.21. The van der Waals surface area contributed by atoms with Crippen LogP contribution in [0, 0.1) is 0 Å². The second-order valence-corrected chi connectivity index (χ2v) is 8.87. The van der Waals surface area contributed by atoms with Gasteiger partial charge in [-0.05, 0) is 44.2 Å². The summed E-state index contributed by atoms with van der Waals surface area (Å²) in [4.78, 5) is 31.1. The Hall–Kier alpha value is -3.57. The zero-order chi connectivity index (χ0) is 22.2. The first-order valence-corrected chi connectivity index (χ1v) is 10.9. The van der Waals surface area contributed by atoms with E-state index in [0.717, 1.165) is 0 Å². The molecule has 0 aliphatic heterocycles. The Kier molecular flexibility index (Phi) is 5.29. The lowest BCUT2D eigenvalue weighted by Gasteiger charge is -2.13. The number of nitrogens with one attached hydrogen (secondary N) is 2. The Morgan fingerprint density at radius 2 is 1.87 bits per heavy atom. The van der Waals surface area contributed by atoms with Crippen LogP contribution in [0.3, 0.4) is 0 Å². The quantitative estimate of drug-likeness (QED) is 0.435. The molecule has 11 heteroatoms. The lowest BCUT2D eigenvalue weighted by atomic mass is 10.1. The minimum Gasteiger partial charge on any atom is -0.338 e. The fourth-order valence-electron chi connectivity index (χ4n) is 3.18. The lowest BCUT2D eigenvalue weighted by Crippen LogP contribution is -2.37. The molecule has 0 saturated carbocycles. The van der Waals surface area contributed by atoms with E-state index < -0.39 is 21.1 Å². The van der Waals surface area contributed by atoms with Crippen molar-refractivity contribution in [3.05, 3.63) is 75.1 Å². The summed E-state index contributed by atoms with van der Waals surface area (Å²) in [6.45, 7) is 3.45. The van der Waals surface area contributed by atoms with Crippen LogP contribution >= 0.6 is 0 Å². The highest BCUT2D eigenvalue weighted by molar-refractivity contribution is 7.89. The van der Waals surface area contributed by atoms with Crippen LogP contribution in [0.4, 0.5) is 0 Å². The summed E-state index contributed by atoms with van der Waals surface area (Å²) in [5.41, 5.74) is 0.220. The molecule has 0 unspecified atom stereocenters. The van der Waals surface area contributed by atoms with Gasteiger partial charge in [0.2, 0.25) is 21.7 Å². The summed E-state index contributed by atoms with van der Waals surface area (Å²) in [5.74, 6) is 0.300. The summed E-state index contributed by atoms with van der Waals surface area (Å²) in [6, 6.07) is 12.8. The number of hydrogen-bond acceptors (Lipinski definition) is 7. The minimum atomic E-state index is -3.71. The third-order valence-electron chi connectivity index (χ3n) is 4.63. The first-order chi connectivity index (χ1) is 14.8. The molecule has 2 N–H and O–H groups in total. The average molecular weight is 441 g/mol. The van der Waals surface area contributed by atoms with E-state index in [-0.39, 0.29) is 29.2 Å². The van der Waals surface area contributed by atoms with E-state index in [1.807, 2.05) is 13.8 Å². The number of hydrogen-bond donors (Lipinski definition) is 2. The van der Waals surface area contributed by atoms with Gasteiger partial charge in [-0.25, -0.2) is 13.1 Å². The molecule has 0 radical (unpaired) electrons. The second-order valence-electron chi connectivity index (χ2n) is 7.10. The van der Waals surface area contributed by atoms with Gasteiger partial charge in [-0.1, -0.05) is 23.4 Å². The normalized spacial score (nSPS) is 12.0. The van der Waals surface area contributed by atoms with E-state index in [2.05, 4.69) is 19.8 Å². The van der Waals surface area contributed by atoms with E-state index in [9.17, 15) is 18.0 Å². The van der Waals surface area contributed by atoms with E-state index in [0.29, 0.717) is 16.6 Å². The van der Waals surface area contributed by atoms with Gasteiger partial charge in [-0.15, -0.1) is 0 Å². The molecule has 0 amide bonds. The van der Waals surface area contributed by atoms with Crippen LogP contribution in [0.5, 0.6) is 0 Å². The molecule has 2 heterocycles. The summed E-state index contributed by atoms with van der Waals surface area (Å²) in [5, 5.41) is 3.88. The standard InChI is InChI=1S/C20H19N5O5S/c1-12(2)25-16-9-8-13(10-15(16)22-19(26)20(25)27)18-23-17(30-24-18)11-21-31(28,29)14-6-4-3-5-7-14/h3-10,12,21H,11H2,1-2H3,(H,22,26). The molecule has 0 bridgehead atoms. The number of nitrogens with zero attached hydrogens (tertiary/aromatic N) is 3. The highest BCUT2D eigenvalue weighted by Gasteiger charge is 2.17. The van der Waals surface area contributed by atoms with Crippen LogP contribution in [0.1, 0.15) is 25.8 Å². The molecule has 4 aromatic rings. The van der Waals surface area contributed by atoms with Crippen LogP contribution in [0.25, 0.3) is 22.4 Å². The van der Waals surface area contributed by atoms with Crippen LogP contribution in [-0.2, 0) is 16.6 Å². The molecule has 0 aliphatic rings. The van der Waals surface area contributed by atoms with E-state index in [4.69, 9.17) is 4.52 Å². The molecule has 0 spiro atoms. The lowest BCUT2D eigenvalue weighted by molar-refractivity contribution is 0.376. The fourth-order valence-corrected chi connectivity index (χ4v) is 4.17. The van der Waals surface area contributed by atoms with Gasteiger partial charge in [-0.2, -0.15) is 4.98 Å². The van der Waals surface area contributed by atoms with Gasteiger partial charge in [0.25, 0.3) is 0 Å². The Labute approximate surface area is 176 Å². The molecule has 10 nitrogen and oxygen atoms in total. The maximum Gasteiger partial charge on any atom is 0.316 e. The highest BCUT2D eigenvalue weighted by atomic mass is 32.2. The molecular weight excluding hydrogens is 422 g/mol. The van der Waals surface area contributed by atoms with Crippen molar-refractivity contribution in [2.75, 3.05) is 0 Å². The van der Waals surface area contributed by atoms with Gasteiger partial charge in [0.05, 0.1) is 22.5 Å². The monoisotopic (exact) mass is 441 g/mol. The number of aromatic nitrogens is 4. The zero-order valence-corrected chi connectivity index (χ0v) is 17.5. The van der Waals surface area contributed by atoms with Crippen molar-refractivity contribution in [2.24, 2.45) is 0 Å². The molecular formula is C20H19N5O5S. The number of sulfonamides is 1. The fraction of sp³-hybridized carbons (Fsp3) is 0.200. The van der Waals surface area contributed by atoms with Crippen molar-refractivity contribution in [1.29, 1.82) is 0 Å². The summed E-state index contributed by atoms with van der Waals surface area (Å²) >= 11 is 0. The van der Waals surface area contributed by atoms with Gasteiger partial charge >= 0.3 is 11.1 Å². The molecule has 2 aromatic carbocycles.